The van der Waals surface area contributed by atoms with Gasteiger partial charge in [-0.05, 0) is 25.1 Å². The van der Waals surface area contributed by atoms with Crippen LogP contribution in [0.3, 0.4) is 0 Å². The van der Waals surface area contributed by atoms with E-state index in [1.54, 1.807) is 0 Å². The maximum absolute atomic E-state index is 11.4. The molecule has 96 valence electrons. The highest BCUT2D eigenvalue weighted by Gasteiger charge is 2.15. The van der Waals surface area contributed by atoms with Crippen LogP contribution in [0, 0.1) is 0 Å². The van der Waals surface area contributed by atoms with Crippen LogP contribution in [0.15, 0.2) is 28.2 Å². The number of nitrogens with zero attached hydrogens (tertiary/aromatic N) is 2. The highest BCUT2D eigenvalue weighted by molar-refractivity contribution is 6.36. The molecule has 0 atom stereocenters. The van der Waals surface area contributed by atoms with Crippen LogP contribution in [0.25, 0.3) is 0 Å². The first-order valence-corrected chi connectivity index (χ1v) is 5.41. The first-order valence-electron chi connectivity index (χ1n) is 5.41. The normalized spacial score (nSPS) is 13.1. The minimum atomic E-state index is -0.945. The third-order valence-electron chi connectivity index (χ3n) is 2.30. The molecule has 0 fully saturated rings. The van der Waals surface area contributed by atoms with E-state index < -0.39 is 17.7 Å². The van der Waals surface area contributed by atoms with Gasteiger partial charge in [0.05, 0.1) is 17.1 Å². The predicted molar refractivity (Wildman–Crippen MR) is 62.7 cm³/mol. The van der Waals surface area contributed by atoms with Crippen LogP contribution in [-0.4, -0.2) is 23.5 Å². The van der Waals surface area contributed by atoms with Crippen molar-refractivity contribution in [3.05, 3.63) is 28.9 Å². The Kier molecular flexibility index (Phi) is 3.28. The first kappa shape index (κ1) is 12.7. The molecule has 1 heterocycles. The zero-order valence-electron chi connectivity index (χ0n) is 9.97. The van der Waals surface area contributed by atoms with E-state index in [-0.39, 0.29) is 22.9 Å². The van der Waals surface area contributed by atoms with Gasteiger partial charge in [-0.2, -0.15) is 0 Å². The number of anilines is 1. The molecule has 0 saturated carbocycles. The third kappa shape index (κ3) is 2.95. The zero-order chi connectivity index (χ0) is 14.0. The van der Waals surface area contributed by atoms with Crippen molar-refractivity contribution >= 4 is 29.2 Å². The smallest absolute Gasteiger partial charge is 0.326 e. The molecular formula is C12H9N3O4. The fourth-order valence-electron chi connectivity index (χ4n) is 1.53. The van der Waals surface area contributed by atoms with Crippen molar-refractivity contribution < 1.29 is 19.2 Å². The van der Waals surface area contributed by atoms with Crippen molar-refractivity contribution in [2.75, 3.05) is 5.32 Å². The van der Waals surface area contributed by atoms with Crippen molar-refractivity contribution in [2.45, 2.75) is 13.3 Å². The van der Waals surface area contributed by atoms with E-state index >= 15 is 0 Å². The lowest BCUT2D eigenvalue weighted by Crippen LogP contribution is -2.34. The maximum Gasteiger partial charge on any atom is 0.338 e. The molecule has 1 aromatic carbocycles. The minimum Gasteiger partial charge on any atom is -0.326 e. The Morgan fingerprint density at radius 1 is 1.11 bits per heavy atom. The molecule has 0 radical (unpaired) electrons. The van der Waals surface area contributed by atoms with Gasteiger partial charge in [0.15, 0.2) is 0 Å². The molecule has 0 spiro atoms. The van der Waals surface area contributed by atoms with Gasteiger partial charge in [0.1, 0.15) is 5.78 Å². The highest BCUT2D eigenvalue weighted by atomic mass is 16.2. The van der Waals surface area contributed by atoms with E-state index in [4.69, 9.17) is 0 Å². The summed E-state index contributed by atoms with van der Waals surface area (Å²) in [7, 11) is 0. The number of fused-ring (bicyclic) bond motifs is 1. The third-order valence-corrected chi connectivity index (χ3v) is 2.30. The number of benzene rings is 1. The van der Waals surface area contributed by atoms with Crippen LogP contribution in [-0.2, 0) is 19.2 Å². The number of amides is 3. The van der Waals surface area contributed by atoms with Crippen molar-refractivity contribution in [3.63, 3.8) is 0 Å². The summed E-state index contributed by atoms with van der Waals surface area (Å²) in [6, 6.07) is 4.40. The molecule has 0 unspecified atom stereocenters. The summed E-state index contributed by atoms with van der Waals surface area (Å²) >= 11 is 0. The Labute approximate surface area is 107 Å². The lowest BCUT2D eigenvalue weighted by atomic mass is 10.2. The SMILES string of the molecule is CC(=O)CC(=O)Nc1ccc2c(c1)=NC(=O)C(=O)N=2. The topological polar surface area (TPSA) is 105 Å². The Hall–Kier alpha value is -2.70. The standard InChI is InChI=1S/C12H9N3O4/c1-6(16)4-10(17)13-7-2-3-8-9(5-7)15-12(19)11(18)14-8/h2-3,5H,4H2,1H3,(H,13,17). The lowest BCUT2D eigenvalue weighted by molar-refractivity contribution is -0.135. The molecule has 1 aromatic rings. The van der Waals surface area contributed by atoms with Crippen molar-refractivity contribution in [3.8, 4) is 0 Å². The van der Waals surface area contributed by atoms with E-state index in [0.717, 1.165) is 0 Å². The summed E-state index contributed by atoms with van der Waals surface area (Å²) in [5.74, 6) is -2.57. The van der Waals surface area contributed by atoms with Gasteiger partial charge in [-0.25, -0.2) is 9.98 Å². The molecule has 1 aliphatic rings. The van der Waals surface area contributed by atoms with Gasteiger partial charge < -0.3 is 5.32 Å². The predicted octanol–water partition coefficient (Wildman–Crippen LogP) is -1.09. The van der Waals surface area contributed by atoms with Gasteiger partial charge in [0.25, 0.3) is 0 Å². The van der Waals surface area contributed by atoms with E-state index in [0.29, 0.717) is 5.69 Å². The minimum absolute atomic E-state index is 0.213. The highest BCUT2D eigenvalue weighted by Crippen LogP contribution is 2.02. The van der Waals surface area contributed by atoms with Crippen LogP contribution in [0.4, 0.5) is 5.69 Å². The number of carbonyl (C=O) groups is 4. The van der Waals surface area contributed by atoms with Crippen molar-refractivity contribution in [2.24, 2.45) is 9.98 Å². The molecular weight excluding hydrogens is 250 g/mol. The van der Waals surface area contributed by atoms with Crippen LogP contribution < -0.4 is 16.0 Å². The summed E-state index contributed by atoms with van der Waals surface area (Å²) < 4.78 is 0. The average Bonchev–Trinajstić information content (AvgIpc) is 2.30. The molecule has 19 heavy (non-hydrogen) atoms. The fraction of sp³-hybridized carbons (Fsp3) is 0.167. The molecule has 2 rings (SSSR count). The van der Waals surface area contributed by atoms with Gasteiger partial charge in [-0.3, -0.25) is 19.2 Å². The first-order chi connectivity index (χ1) is 8.95. The fourth-order valence-corrected chi connectivity index (χ4v) is 1.53. The number of nitrogens with one attached hydrogen (secondary N) is 1. The van der Waals surface area contributed by atoms with Crippen LogP contribution in [0.5, 0.6) is 0 Å². The summed E-state index contributed by atoms with van der Waals surface area (Å²) in [5.41, 5.74) is 0.381. The Morgan fingerprint density at radius 3 is 2.37 bits per heavy atom. The second-order valence-electron chi connectivity index (χ2n) is 3.96. The number of Topliss-reactive ketones (excluding diaryl/α,β-unsaturated/α-hetero) is 1. The number of hydrogen-bond donors (Lipinski definition) is 1. The van der Waals surface area contributed by atoms with Gasteiger partial charge in [-0.1, -0.05) is 0 Å². The quantitative estimate of drug-likeness (QED) is 0.550. The van der Waals surface area contributed by atoms with Crippen LogP contribution >= 0.6 is 0 Å². The number of ketones is 1. The monoisotopic (exact) mass is 259 g/mol. The van der Waals surface area contributed by atoms with E-state index in [1.807, 2.05) is 0 Å². The number of hydrogen-bond acceptors (Lipinski definition) is 4. The summed E-state index contributed by atoms with van der Waals surface area (Å²) in [6.45, 7) is 1.31. The molecule has 0 bridgehead atoms. The van der Waals surface area contributed by atoms with E-state index in [2.05, 4.69) is 15.3 Å². The largest absolute Gasteiger partial charge is 0.338 e. The van der Waals surface area contributed by atoms with Crippen molar-refractivity contribution in [1.29, 1.82) is 0 Å². The average molecular weight is 259 g/mol. The summed E-state index contributed by atoms with van der Waals surface area (Å²) in [5, 5.41) is 2.98. The zero-order valence-corrected chi connectivity index (χ0v) is 9.97. The molecule has 1 N–H and O–H groups in total. The van der Waals surface area contributed by atoms with Crippen LogP contribution in [0.2, 0.25) is 0 Å². The second-order valence-corrected chi connectivity index (χ2v) is 3.96. The van der Waals surface area contributed by atoms with Gasteiger partial charge >= 0.3 is 11.8 Å². The van der Waals surface area contributed by atoms with E-state index in [1.165, 1.54) is 25.1 Å². The molecule has 1 aliphatic heterocycles. The molecule has 0 aliphatic carbocycles. The molecule has 0 aromatic heterocycles. The van der Waals surface area contributed by atoms with E-state index in [9.17, 15) is 19.2 Å². The number of carbonyl (C=O) groups excluding carboxylic acids is 4. The summed E-state index contributed by atoms with van der Waals surface area (Å²) in [6.07, 6.45) is -0.226. The molecule has 7 heteroatoms. The maximum atomic E-state index is 11.4. The molecule has 7 nitrogen and oxygen atoms in total. The molecule has 3 amide bonds. The van der Waals surface area contributed by atoms with Crippen LogP contribution in [0.1, 0.15) is 13.3 Å². The van der Waals surface area contributed by atoms with Gasteiger partial charge in [0.2, 0.25) is 5.91 Å². The van der Waals surface area contributed by atoms with Gasteiger partial charge in [0, 0.05) is 5.69 Å². The van der Waals surface area contributed by atoms with Crippen molar-refractivity contribution in [1.82, 2.24) is 0 Å². The van der Waals surface area contributed by atoms with Gasteiger partial charge in [-0.15, -0.1) is 0 Å². The summed E-state index contributed by atoms with van der Waals surface area (Å²) in [4.78, 5) is 51.4. The second kappa shape index (κ2) is 4.89. The molecule has 0 saturated heterocycles. The number of rotatable bonds is 3. The lowest BCUT2D eigenvalue weighted by Gasteiger charge is -2.04. The Balaban J connectivity index is 2.31. The Bertz CT molecular complexity index is 721. The Morgan fingerprint density at radius 2 is 1.74 bits per heavy atom.